The quantitative estimate of drug-likeness (QED) is 0.756. The van der Waals surface area contributed by atoms with Crippen LogP contribution in [0, 0.1) is 0 Å². The molecule has 0 bridgehead atoms. The van der Waals surface area contributed by atoms with Crippen molar-refractivity contribution in [3.05, 3.63) is 46.7 Å². The van der Waals surface area contributed by atoms with E-state index in [-0.39, 0.29) is 0 Å². The molecule has 1 N–H and O–H groups in total. The van der Waals surface area contributed by atoms with Gasteiger partial charge in [0.15, 0.2) is 0 Å². The van der Waals surface area contributed by atoms with Gasteiger partial charge in [-0.15, -0.1) is 11.3 Å². The van der Waals surface area contributed by atoms with Crippen molar-refractivity contribution >= 4 is 22.4 Å². The lowest BCUT2D eigenvalue weighted by Gasteiger charge is -2.08. The van der Waals surface area contributed by atoms with Gasteiger partial charge in [-0.05, 0) is 18.6 Å². The molecule has 0 aliphatic heterocycles. The van der Waals surface area contributed by atoms with E-state index >= 15 is 0 Å². The van der Waals surface area contributed by atoms with Crippen molar-refractivity contribution in [2.24, 2.45) is 0 Å². The fourth-order valence-corrected chi connectivity index (χ4v) is 2.92. The SMILES string of the molecule is CCCn1c(CNCc2cscn2)nc2ccccc21. The molecule has 0 amide bonds. The molecule has 0 fully saturated rings. The molecule has 3 aromatic rings. The van der Waals surface area contributed by atoms with E-state index in [2.05, 4.69) is 45.4 Å². The summed E-state index contributed by atoms with van der Waals surface area (Å²) in [5.74, 6) is 1.10. The van der Waals surface area contributed by atoms with Crippen LogP contribution in [0.15, 0.2) is 35.2 Å². The number of hydrogen-bond acceptors (Lipinski definition) is 4. The van der Waals surface area contributed by atoms with Crippen molar-refractivity contribution in [3.8, 4) is 0 Å². The molecular formula is C15H18N4S. The highest BCUT2D eigenvalue weighted by atomic mass is 32.1. The number of nitrogens with zero attached hydrogens (tertiary/aromatic N) is 3. The lowest BCUT2D eigenvalue weighted by Crippen LogP contribution is -2.17. The Morgan fingerprint density at radius 2 is 2.15 bits per heavy atom. The second kappa shape index (κ2) is 6.15. The van der Waals surface area contributed by atoms with E-state index in [1.165, 1.54) is 5.52 Å². The van der Waals surface area contributed by atoms with Crippen LogP contribution in [0.3, 0.4) is 0 Å². The topological polar surface area (TPSA) is 42.7 Å². The molecule has 104 valence electrons. The van der Waals surface area contributed by atoms with Crippen LogP contribution in [0.5, 0.6) is 0 Å². The summed E-state index contributed by atoms with van der Waals surface area (Å²) in [5, 5.41) is 5.50. The van der Waals surface area contributed by atoms with Crippen molar-refractivity contribution in [2.75, 3.05) is 0 Å². The van der Waals surface area contributed by atoms with Gasteiger partial charge in [0, 0.05) is 18.5 Å². The van der Waals surface area contributed by atoms with E-state index in [0.717, 1.165) is 43.1 Å². The van der Waals surface area contributed by atoms with Gasteiger partial charge in [-0.1, -0.05) is 19.1 Å². The Kier molecular flexibility index (Phi) is 4.08. The Hall–Kier alpha value is -1.72. The minimum Gasteiger partial charge on any atom is -0.327 e. The Balaban J connectivity index is 1.77. The standard InChI is InChI=1S/C15H18N4S/c1-2-7-19-14-6-4-3-5-13(14)18-15(19)9-16-8-12-10-20-11-17-12/h3-6,10-11,16H,2,7-9H2,1H3. The largest absolute Gasteiger partial charge is 0.327 e. The average Bonchev–Trinajstić information content (AvgIpc) is 3.08. The zero-order valence-corrected chi connectivity index (χ0v) is 12.4. The summed E-state index contributed by atoms with van der Waals surface area (Å²) in [6, 6.07) is 8.33. The summed E-state index contributed by atoms with van der Waals surface area (Å²) in [7, 11) is 0. The molecule has 3 rings (SSSR count). The predicted octanol–water partition coefficient (Wildman–Crippen LogP) is 3.19. The van der Waals surface area contributed by atoms with Crippen LogP contribution < -0.4 is 5.32 Å². The number of imidazole rings is 1. The zero-order valence-electron chi connectivity index (χ0n) is 11.5. The minimum absolute atomic E-state index is 0.770. The first-order valence-corrected chi connectivity index (χ1v) is 7.84. The van der Waals surface area contributed by atoms with Gasteiger partial charge in [-0.25, -0.2) is 9.97 Å². The molecule has 2 aromatic heterocycles. The van der Waals surface area contributed by atoms with E-state index in [4.69, 9.17) is 4.98 Å². The monoisotopic (exact) mass is 286 g/mol. The van der Waals surface area contributed by atoms with E-state index in [0.29, 0.717) is 0 Å². The lowest BCUT2D eigenvalue weighted by molar-refractivity contribution is 0.595. The number of aromatic nitrogens is 3. The summed E-state index contributed by atoms with van der Waals surface area (Å²) in [4.78, 5) is 9.01. The van der Waals surface area contributed by atoms with E-state index in [1.807, 2.05) is 11.6 Å². The molecule has 4 nitrogen and oxygen atoms in total. The van der Waals surface area contributed by atoms with Crippen LogP contribution in [-0.2, 0) is 19.6 Å². The number of nitrogens with one attached hydrogen (secondary N) is 1. The Morgan fingerprint density at radius 3 is 2.95 bits per heavy atom. The fourth-order valence-electron chi connectivity index (χ4n) is 2.36. The van der Waals surface area contributed by atoms with Crippen LogP contribution in [0.4, 0.5) is 0 Å². The van der Waals surface area contributed by atoms with Gasteiger partial charge in [0.25, 0.3) is 0 Å². The van der Waals surface area contributed by atoms with E-state index < -0.39 is 0 Å². The third-order valence-electron chi connectivity index (χ3n) is 3.25. The first-order chi connectivity index (χ1) is 9.88. The summed E-state index contributed by atoms with van der Waals surface area (Å²) < 4.78 is 2.31. The van der Waals surface area contributed by atoms with Gasteiger partial charge in [0.2, 0.25) is 0 Å². The van der Waals surface area contributed by atoms with Crippen LogP contribution in [0.1, 0.15) is 24.9 Å². The molecule has 2 heterocycles. The van der Waals surface area contributed by atoms with Crippen LogP contribution >= 0.6 is 11.3 Å². The summed E-state index contributed by atoms with van der Waals surface area (Å²) in [6.45, 7) is 4.76. The number of rotatable bonds is 6. The highest BCUT2D eigenvalue weighted by molar-refractivity contribution is 7.07. The minimum atomic E-state index is 0.770. The Morgan fingerprint density at radius 1 is 1.25 bits per heavy atom. The molecule has 20 heavy (non-hydrogen) atoms. The van der Waals surface area contributed by atoms with Crippen LogP contribution in [-0.4, -0.2) is 14.5 Å². The molecule has 0 unspecified atom stereocenters. The molecule has 0 radical (unpaired) electrons. The van der Waals surface area contributed by atoms with Gasteiger partial charge in [-0.2, -0.15) is 0 Å². The van der Waals surface area contributed by atoms with Gasteiger partial charge >= 0.3 is 0 Å². The highest BCUT2D eigenvalue weighted by Crippen LogP contribution is 2.16. The summed E-state index contributed by atoms with van der Waals surface area (Å²) in [5.41, 5.74) is 5.25. The second-order valence-electron chi connectivity index (χ2n) is 4.75. The number of benzene rings is 1. The van der Waals surface area contributed by atoms with E-state index in [1.54, 1.807) is 11.3 Å². The smallest absolute Gasteiger partial charge is 0.123 e. The molecule has 0 saturated heterocycles. The van der Waals surface area contributed by atoms with Crippen molar-refractivity contribution in [3.63, 3.8) is 0 Å². The van der Waals surface area contributed by atoms with Gasteiger partial charge in [0.1, 0.15) is 5.82 Å². The zero-order chi connectivity index (χ0) is 13.8. The number of hydrogen-bond donors (Lipinski definition) is 1. The third-order valence-corrected chi connectivity index (χ3v) is 3.89. The van der Waals surface area contributed by atoms with Crippen molar-refractivity contribution in [1.29, 1.82) is 0 Å². The number of fused-ring (bicyclic) bond motifs is 1. The van der Waals surface area contributed by atoms with Gasteiger partial charge in [-0.3, -0.25) is 0 Å². The Labute approximate surface area is 122 Å². The highest BCUT2D eigenvalue weighted by Gasteiger charge is 2.09. The first kappa shape index (κ1) is 13.3. The molecule has 0 saturated carbocycles. The molecule has 0 atom stereocenters. The maximum atomic E-state index is 4.73. The summed E-state index contributed by atoms with van der Waals surface area (Å²) in [6.07, 6.45) is 1.11. The normalized spacial score (nSPS) is 11.2. The van der Waals surface area contributed by atoms with Gasteiger partial charge < -0.3 is 9.88 Å². The average molecular weight is 286 g/mol. The molecular weight excluding hydrogens is 268 g/mol. The molecule has 0 spiro atoms. The summed E-state index contributed by atoms with van der Waals surface area (Å²) >= 11 is 1.63. The third kappa shape index (κ3) is 2.73. The van der Waals surface area contributed by atoms with Crippen LogP contribution in [0.2, 0.25) is 0 Å². The maximum absolute atomic E-state index is 4.73. The Bertz CT molecular complexity index is 672. The van der Waals surface area contributed by atoms with Crippen molar-refractivity contribution in [2.45, 2.75) is 33.0 Å². The van der Waals surface area contributed by atoms with Gasteiger partial charge in [0.05, 0.1) is 28.8 Å². The van der Waals surface area contributed by atoms with Crippen LogP contribution in [0.25, 0.3) is 11.0 Å². The second-order valence-corrected chi connectivity index (χ2v) is 5.47. The van der Waals surface area contributed by atoms with E-state index in [9.17, 15) is 0 Å². The number of aryl methyl sites for hydroxylation is 1. The fraction of sp³-hybridized carbons (Fsp3) is 0.333. The molecule has 0 aliphatic carbocycles. The molecule has 5 heteroatoms. The maximum Gasteiger partial charge on any atom is 0.123 e. The number of thiazole rings is 1. The number of para-hydroxylation sites is 2. The molecule has 0 aliphatic rings. The lowest BCUT2D eigenvalue weighted by atomic mass is 10.3. The molecule has 1 aromatic carbocycles. The first-order valence-electron chi connectivity index (χ1n) is 6.90. The van der Waals surface area contributed by atoms with Crippen molar-refractivity contribution < 1.29 is 0 Å². The van der Waals surface area contributed by atoms with Crippen molar-refractivity contribution in [1.82, 2.24) is 19.9 Å². The predicted molar refractivity (Wildman–Crippen MR) is 82.7 cm³/mol.